The van der Waals surface area contributed by atoms with Crippen LogP contribution in [-0.4, -0.2) is 32.2 Å². The minimum absolute atomic E-state index is 0.127. The molecule has 0 saturated carbocycles. The maximum Gasteiger partial charge on any atom is 0.210 e. The Hall–Kier alpha value is -1.88. The van der Waals surface area contributed by atoms with Crippen LogP contribution in [0.4, 0.5) is 0 Å². The van der Waals surface area contributed by atoms with E-state index in [-0.39, 0.29) is 9.80 Å². The average molecular weight is 307 g/mol. The van der Waals surface area contributed by atoms with Crippen LogP contribution in [0.5, 0.6) is 0 Å². The summed E-state index contributed by atoms with van der Waals surface area (Å²) in [5.41, 5.74) is 0. The number of rotatable bonds is 7. The van der Waals surface area contributed by atoms with Crippen molar-refractivity contribution >= 4 is 15.6 Å². The first-order valence-corrected chi connectivity index (χ1v) is 8.35. The van der Waals surface area contributed by atoms with E-state index in [1.165, 1.54) is 25.1 Å². The molecule has 0 spiro atoms. The second-order valence-corrected chi connectivity index (χ2v) is 6.38. The topological polar surface area (TPSA) is 54.5 Å². The molecule has 1 aromatic carbocycles. The highest BCUT2D eigenvalue weighted by molar-refractivity contribution is 7.96. The third kappa shape index (κ3) is 4.56. The monoisotopic (exact) mass is 307 g/mol. The molecule has 0 aliphatic rings. The van der Waals surface area contributed by atoms with Crippen molar-refractivity contribution in [3.63, 3.8) is 0 Å². The highest BCUT2D eigenvalue weighted by Gasteiger charge is 2.23. The van der Waals surface area contributed by atoms with Gasteiger partial charge in [-0.05, 0) is 51.3 Å². The van der Waals surface area contributed by atoms with Crippen molar-refractivity contribution in [1.29, 1.82) is 0 Å². The van der Waals surface area contributed by atoms with Crippen LogP contribution in [0.1, 0.15) is 20.8 Å². The molecule has 0 aromatic heterocycles. The first kappa shape index (κ1) is 17.2. The number of allylic oxidation sites excluding steroid dienone is 3. The first-order chi connectivity index (χ1) is 9.93. The molecule has 0 atom stereocenters. The Morgan fingerprint density at radius 1 is 1.14 bits per heavy atom. The van der Waals surface area contributed by atoms with Crippen molar-refractivity contribution in [3.05, 3.63) is 53.6 Å². The summed E-state index contributed by atoms with van der Waals surface area (Å²) in [7, 11) is -3.77. The van der Waals surface area contributed by atoms with Crippen LogP contribution in [0.25, 0.3) is 0 Å². The summed E-state index contributed by atoms with van der Waals surface area (Å²) >= 11 is 0. The molecule has 0 aliphatic heterocycles. The first-order valence-electron chi connectivity index (χ1n) is 6.87. The van der Waals surface area contributed by atoms with Crippen molar-refractivity contribution in [1.82, 2.24) is 4.90 Å². The smallest absolute Gasteiger partial charge is 0.210 e. The van der Waals surface area contributed by atoms with E-state index < -0.39 is 15.6 Å². The van der Waals surface area contributed by atoms with E-state index in [4.69, 9.17) is 0 Å². The number of hydrogen-bond acceptors (Lipinski definition) is 4. The summed E-state index contributed by atoms with van der Waals surface area (Å²) < 4.78 is 24.9. The molecule has 0 saturated heterocycles. The molecular weight excluding hydrogens is 286 g/mol. The molecule has 0 unspecified atom stereocenters. The third-order valence-corrected chi connectivity index (χ3v) is 4.94. The number of carbonyl (C=O) groups excluding carboxylic acids is 1. The van der Waals surface area contributed by atoms with E-state index in [1.54, 1.807) is 30.5 Å². The molecule has 4 nitrogen and oxygen atoms in total. The van der Waals surface area contributed by atoms with Crippen LogP contribution in [0.3, 0.4) is 0 Å². The van der Waals surface area contributed by atoms with E-state index >= 15 is 0 Å². The van der Waals surface area contributed by atoms with Gasteiger partial charge < -0.3 is 4.90 Å². The lowest BCUT2D eigenvalue weighted by Crippen LogP contribution is -2.15. The molecule has 0 radical (unpaired) electrons. The van der Waals surface area contributed by atoms with Crippen LogP contribution in [0.2, 0.25) is 0 Å². The predicted octanol–water partition coefficient (Wildman–Crippen LogP) is 2.79. The summed E-state index contributed by atoms with van der Waals surface area (Å²) in [5, 5.41) is 0. The maximum absolute atomic E-state index is 12.5. The standard InChI is InChI=1S/C16H21NO3S/c1-4-17(5-2)13-9-12-16(14(3)18)21(19,20)15-10-7-6-8-11-15/h6-13H,4-5H2,1-3H3/b13-9+,16-12+. The second-order valence-electron chi connectivity index (χ2n) is 4.47. The highest BCUT2D eigenvalue weighted by Crippen LogP contribution is 2.19. The Morgan fingerprint density at radius 2 is 1.71 bits per heavy atom. The molecule has 1 aromatic rings. The van der Waals surface area contributed by atoms with Crippen LogP contribution in [0.15, 0.2) is 58.5 Å². The quantitative estimate of drug-likeness (QED) is 0.574. The Balaban J connectivity index is 3.16. The van der Waals surface area contributed by atoms with Gasteiger partial charge in [0.15, 0.2) is 5.78 Å². The Labute approximate surface area is 126 Å². The number of carbonyl (C=O) groups is 1. The molecule has 0 amide bonds. The van der Waals surface area contributed by atoms with E-state index in [2.05, 4.69) is 0 Å². The average Bonchev–Trinajstić information content (AvgIpc) is 2.47. The molecule has 0 heterocycles. The summed E-state index contributed by atoms with van der Waals surface area (Å²) in [6, 6.07) is 7.98. The fraction of sp³-hybridized carbons (Fsp3) is 0.312. The molecular formula is C16H21NO3S. The molecule has 114 valence electrons. The van der Waals surface area contributed by atoms with E-state index in [1.807, 2.05) is 18.7 Å². The fourth-order valence-corrected chi connectivity index (χ4v) is 3.21. The van der Waals surface area contributed by atoms with Crippen molar-refractivity contribution < 1.29 is 13.2 Å². The van der Waals surface area contributed by atoms with Gasteiger partial charge in [-0.3, -0.25) is 4.79 Å². The molecule has 0 aliphatic carbocycles. The zero-order valence-corrected chi connectivity index (χ0v) is 13.4. The van der Waals surface area contributed by atoms with Crippen LogP contribution < -0.4 is 0 Å². The van der Waals surface area contributed by atoms with E-state index in [0.29, 0.717) is 0 Å². The number of nitrogens with zero attached hydrogens (tertiary/aromatic N) is 1. The largest absolute Gasteiger partial charge is 0.378 e. The van der Waals surface area contributed by atoms with Crippen LogP contribution >= 0.6 is 0 Å². The number of Topliss-reactive ketones (excluding diaryl/α,β-unsaturated/α-hetero) is 1. The molecule has 0 N–H and O–H groups in total. The van der Waals surface area contributed by atoms with Crippen molar-refractivity contribution in [2.75, 3.05) is 13.1 Å². The Bertz CT molecular complexity index is 627. The number of benzene rings is 1. The highest BCUT2D eigenvalue weighted by atomic mass is 32.2. The summed E-state index contributed by atoms with van der Waals surface area (Å²) in [4.78, 5) is 13.6. The molecule has 0 fully saturated rings. The van der Waals surface area contributed by atoms with E-state index in [9.17, 15) is 13.2 Å². The maximum atomic E-state index is 12.5. The van der Waals surface area contributed by atoms with Gasteiger partial charge in [0.1, 0.15) is 4.91 Å². The SMILES string of the molecule is CCN(/C=C/C=C(\C(C)=O)S(=O)(=O)c1ccccc1)CC. The lowest BCUT2D eigenvalue weighted by Gasteiger charge is -2.14. The summed E-state index contributed by atoms with van der Waals surface area (Å²) in [5.74, 6) is -0.469. The van der Waals surface area contributed by atoms with Crippen LogP contribution in [-0.2, 0) is 14.6 Å². The normalized spacial score (nSPS) is 12.6. The van der Waals surface area contributed by atoms with Crippen molar-refractivity contribution in [3.8, 4) is 0 Å². The minimum atomic E-state index is -3.77. The van der Waals surface area contributed by atoms with E-state index in [0.717, 1.165) is 13.1 Å². The number of sulfone groups is 1. The van der Waals surface area contributed by atoms with Gasteiger partial charge in [0.2, 0.25) is 9.84 Å². The van der Waals surface area contributed by atoms with Crippen molar-refractivity contribution in [2.45, 2.75) is 25.7 Å². The fourth-order valence-electron chi connectivity index (χ4n) is 1.81. The van der Waals surface area contributed by atoms with Gasteiger partial charge in [0, 0.05) is 13.1 Å². The molecule has 1 rings (SSSR count). The minimum Gasteiger partial charge on any atom is -0.378 e. The lowest BCUT2D eigenvalue weighted by molar-refractivity contribution is -0.113. The van der Waals surface area contributed by atoms with Gasteiger partial charge in [-0.15, -0.1) is 0 Å². The summed E-state index contributed by atoms with van der Waals surface area (Å²) in [6.07, 6.45) is 4.75. The molecule has 5 heteroatoms. The van der Waals surface area contributed by atoms with Gasteiger partial charge in [0.05, 0.1) is 4.90 Å². The summed E-state index contributed by atoms with van der Waals surface area (Å²) in [6.45, 7) is 6.91. The molecule has 21 heavy (non-hydrogen) atoms. The zero-order valence-electron chi connectivity index (χ0n) is 12.6. The zero-order chi connectivity index (χ0) is 15.9. The van der Waals surface area contributed by atoms with Gasteiger partial charge in [-0.2, -0.15) is 0 Å². The second kappa shape index (κ2) is 7.78. The lowest BCUT2D eigenvalue weighted by atomic mass is 10.3. The number of ketones is 1. The van der Waals surface area contributed by atoms with Gasteiger partial charge in [-0.1, -0.05) is 18.2 Å². The van der Waals surface area contributed by atoms with Crippen molar-refractivity contribution in [2.24, 2.45) is 0 Å². The van der Waals surface area contributed by atoms with Gasteiger partial charge >= 0.3 is 0 Å². The Kier molecular flexibility index (Phi) is 6.37. The third-order valence-electron chi connectivity index (χ3n) is 3.05. The van der Waals surface area contributed by atoms with Gasteiger partial charge in [0.25, 0.3) is 0 Å². The Morgan fingerprint density at radius 3 is 2.19 bits per heavy atom. The van der Waals surface area contributed by atoms with Gasteiger partial charge in [-0.25, -0.2) is 8.42 Å². The predicted molar refractivity (Wildman–Crippen MR) is 84.5 cm³/mol. The molecule has 0 bridgehead atoms. The van der Waals surface area contributed by atoms with Crippen LogP contribution in [0, 0.1) is 0 Å². The number of hydrogen-bond donors (Lipinski definition) is 0.